The molecule has 0 aliphatic rings. The van der Waals surface area contributed by atoms with E-state index < -0.39 is 0 Å². The highest BCUT2D eigenvalue weighted by Gasteiger charge is 1.77. The summed E-state index contributed by atoms with van der Waals surface area (Å²) in [6.07, 6.45) is 0. The lowest BCUT2D eigenvalue weighted by molar-refractivity contribution is 0.240. The van der Waals surface area contributed by atoms with Crippen molar-refractivity contribution in [3.63, 3.8) is 0 Å². The Hall–Kier alpha value is -0.920. The Balaban J connectivity index is 3.56. The molecule has 0 aliphatic carbocycles. The molecule has 0 heterocycles. The van der Waals surface area contributed by atoms with Gasteiger partial charge in [-0.3, -0.25) is 0 Å². The van der Waals surface area contributed by atoms with Crippen molar-refractivity contribution in [2.45, 2.75) is 13.8 Å². The molecule has 54 valence electrons. The molecule has 0 spiro atoms. The van der Waals surface area contributed by atoms with Crippen LogP contribution in [0.2, 0.25) is 0 Å². The molecule has 1 nitrogen and oxygen atoms in total. The second-order valence-electron chi connectivity index (χ2n) is 2.16. The Kier molecular flexibility index (Phi) is 5.63. The van der Waals surface area contributed by atoms with Crippen LogP contribution in [-0.2, 0) is 4.74 Å². The van der Waals surface area contributed by atoms with E-state index in [4.69, 9.17) is 4.74 Å². The van der Waals surface area contributed by atoms with Gasteiger partial charge in [0.25, 0.3) is 0 Å². The summed E-state index contributed by atoms with van der Waals surface area (Å²) in [5.41, 5.74) is 0. The van der Waals surface area contributed by atoms with Crippen molar-refractivity contribution in [3.05, 3.63) is 0 Å². The lowest BCUT2D eigenvalue weighted by Gasteiger charge is -1.82. The van der Waals surface area contributed by atoms with Gasteiger partial charge in [-0.1, -0.05) is 25.7 Å². The molecule has 0 aromatic carbocycles. The van der Waals surface area contributed by atoms with Gasteiger partial charge in [-0.05, 0) is 11.8 Å². The molecular formula is C9H12O. The molecule has 0 aliphatic heterocycles. The highest BCUT2D eigenvalue weighted by molar-refractivity contribution is 5.26. The molecule has 0 aromatic rings. The molecule has 0 bridgehead atoms. The van der Waals surface area contributed by atoms with Gasteiger partial charge in [0, 0.05) is 13.0 Å². The largest absolute Gasteiger partial charge is 0.372 e. The molecule has 0 saturated carbocycles. The Morgan fingerprint density at radius 2 is 2.00 bits per heavy atom. The Morgan fingerprint density at radius 3 is 2.50 bits per heavy atom. The van der Waals surface area contributed by atoms with E-state index in [1.807, 2.05) is 13.8 Å². The average Bonchev–Trinajstić information content (AvgIpc) is 1.87. The smallest absolute Gasteiger partial charge is 0.108 e. The first kappa shape index (κ1) is 9.08. The van der Waals surface area contributed by atoms with Crippen molar-refractivity contribution in [2.24, 2.45) is 5.92 Å². The molecule has 0 aromatic heterocycles. The minimum atomic E-state index is 0.400. The topological polar surface area (TPSA) is 9.23 Å². The second-order valence-corrected chi connectivity index (χ2v) is 2.16. The van der Waals surface area contributed by atoms with Crippen molar-refractivity contribution >= 4 is 0 Å². The monoisotopic (exact) mass is 136 g/mol. The van der Waals surface area contributed by atoms with E-state index in [0.717, 1.165) is 0 Å². The Bertz CT molecular complexity index is 182. The second kappa shape index (κ2) is 6.20. The Morgan fingerprint density at radius 1 is 1.30 bits per heavy atom. The maximum absolute atomic E-state index is 4.71. The minimum absolute atomic E-state index is 0.400. The van der Waals surface area contributed by atoms with E-state index in [0.29, 0.717) is 12.5 Å². The SMILES string of the molecule is COCC#CC#CC(C)C. The first-order chi connectivity index (χ1) is 4.77. The third-order valence-corrected chi connectivity index (χ3v) is 0.728. The summed E-state index contributed by atoms with van der Waals surface area (Å²) in [4.78, 5) is 0. The molecule has 0 amide bonds. The molecular weight excluding hydrogens is 124 g/mol. The maximum atomic E-state index is 4.71. The molecule has 1 heteroatoms. The van der Waals surface area contributed by atoms with Crippen molar-refractivity contribution in [1.82, 2.24) is 0 Å². The molecule has 0 unspecified atom stereocenters. The lowest BCUT2D eigenvalue weighted by Crippen LogP contribution is -1.80. The zero-order chi connectivity index (χ0) is 7.82. The van der Waals surface area contributed by atoms with Crippen LogP contribution in [0.4, 0.5) is 0 Å². The van der Waals surface area contributed by atoms with Gasteiger partial charge in [0.2, 0.25) is 0 Å². The van der Waals surface area contributed by atoms with Gasteiger partial charge < -0.3 is 4.74 Å². The summed E-state index contributed by atoms with van der Waals surface area (Å²) in [7, 11) is 1.62. The summed E-state index contributed by atoms with van der Waals surface area (Å²) in [5, 5.41) is 0. The average molecular weight is 136 g/mol. The highest BCUT2D eigenvalue weighted by atomic mass is 16.5. The zero-order valence-electron chi connectivity index (χ0n) is 6.69. The number of hydrogen-bond donors (Lipinski definition) is 0. The van der Waals surface area contributed by atoms with Gasteiger partial charge in [0.1, 0.15) is 6.61 Å². The normalized spacial score (nSPS) is 7.60. The van der Waals surface area contributed by atoms with E-state index in [-0.39, 0.29) is 0 Å². The van der Waals surface area contributed by atoms with E-state index in [1.165, 1.54) is 0 Å². The van der Waals surface area contributed by atoms with Crippen LogP contribution in [0.1, 0.15) is 13.8 Å². The van der Waals surface area contributed by atoms with Crippen molar-refractivity contribution in [2.75, 3.05) is 13.7 Å². The minimum Gasteiger partial charge on any atom is -0.372 e. The first-order valence-corrected chi connectivity index (χ1v) is 3.24. The molecule has 0 radical (unpaired) electrons. The van der Waals surface area contributed by atoms with Crippen LogP contribution in [0.25, 0.3) is 0 Å². The van der Waals surface area contributed by atoms with Gasteiger partial charge >= 0.3 is 0 Å². The summed E-state index contributed by atoms with van der Waals surface area (Å²) in [6, 6.07) is 0. The fraction of sp³-hybridized carbons (Fsp3) is 0.556. The fourth-order valence-electron chi connectivity index (χ4n) is 0.333. The van der Waals surface area contributed by atoms with E-state index in [1.54, 1.807) is 7.11 Å². The molecule has 0 N–H and O–H groups in total. The summed E-state index contributed by atoms with van der Waals surface area (Å²) in [5.74, 6) is 11.5. The third kappa shape index (κ3) is 7.08. The van der Waals surface area contributed by atoms with E-state index in [9.17, 15) is 0 Å². The molecule has 0 saturated heterocycles. The Labute approximate surface area is 62.8 Å². The summed E-state index contributed by atoms with van der Waals surface area (Å²) >= 11 is 0. The number of hydrogen-bond acceptors (Lipinski definition) is 1. The van der Waals surface area contributed by atoms with Crippen LogP contribution >= 0.6 is 0 Å². The van der Waals surface area contributed by atoms with Crippen LogP contribution < -0.4 is 0 Å². The molecule has 0 atom stereocenters. The summed E-state index contributed by atoms with van der Waals surface area (Å²) in [6.45, 7) is 4.53. The van der Waals surface area contributed by atoms with Gasteiger partial charge in [0.15, 0.2) is 0 Å². The quantitative estimate of drug-likeness (QED) is 0.494. The summed E-state index contributed by atoms with van der Waals surface area (Å²) < 4.78 is 4.71. The fourth-order valence-corrected chi connectivity index (χ4v) is 0.333. The van der Waals surface area contributed by atoms with Crippen LogP contribution in [0.3, 0.4) is 0 Å². The lowest BCUT2D eigenvalue weighted by atomic mass is 10.2. The predicted octanol–water partition coefficient (Wildman–Crippen LogP) is 1.30. The van der Waals surface area contributed by atoms with E-state index in [2.05, 4.69) is 23.7 Å². The van der Waals surface area contributed by atoms with Gasteiger partial charge in [-0.15, -0.1) is 0 Å². The first-order valence-electron chi connectivity index (χ1n) is 3.24. The predicted molar refractivity (Wildman–Crippen MR) is 42.3 cm³/mol. The number of rotatable bonds is 1. The molecule has 0 fully saturated rings. The maximum Gasteiger partial charge on any atom is 0.108 e. The number of ether oxygens (including phenoxy) is 1. The number of methoxy groups -OCH3 is 1. The van der Waals surface area contributed by atoms with Gasteiger partial charge in [0.05, 0.1) is 0 Å². The molecule has 0 rings (SSSR count). The molecule has 10 heavy (non-hydrogen) atoms. The van der Waals surface area contributed by atoms with Gasteiger partial charge in [-0.2, -0.15) is 0 Å². The van der Waals surface area contributed by atoms with Crippen molar-refractivity contribution < 1.29 is 4.74 Å². The van der Waals surface area contributed by atoms with Crippen molar-refractivity contribution in [1.29, 1.82) is 0 Å². The van der Waals surface area contributed by atoms with Crippen LogP contribution in [0.15, 0.2) is 0 Å². The highest BCUT2D eigenvalue weighted by Crippen LogP contribution is 1.83. The van der Waals surface area contributed by atoms with Crippen LogP contribution in [0.5, 0.6) is 0 Å². The zero-order valence-corrected chi connectivity index (χ0v) is 6.69. The van der Waals surface area contributed by atoms with Gasteiger partial charge in [-0.25, -0.2) is 0 Å². The van der Waals surface area contributed by atoms with Crippen LogP contribution in [0, 0.1) is 29.6 Å². The van der Waals surface area contributed by atoms with Crippen LogP contribution in [-0.4, -0.2) is 13.7 Å². The van der Waals surface area contributed by atoms with Crippen molar-refractivity contribution in [3.8, 4) is 23.7 Å². The third-order valence-electron chi connectivity index (χ3n) is 0.728. The van der Waals surface area contributed by atoms with E-state index >= 15 is 0 Å². The standard InChI is InChI=1S/C9H12O/c1-9(2)7-5-4-6-8-10-3/h9H,8H2,1-3H3.